The van der Waals surface area contributed by atoms with E-state index in [4.69, 9.17) is 15.7 Å². The number of amidine groups is 1. The van der Waals surface area contributed by atoms with Gasteiger partial charge in [0.15, 0.2) is 5.84 Å². The van der Waals surface area contributed by atoms with Crippen LogP contribution in [0.2, 0.25) is 0 Å². The predicted molar refractivity (Wildman–Crippen MR) is 67.0 cm³/mol. The van der Waals surface area contributed by atoms with Crippen molar-refractivity contribution >= 4 is 5.84 Å². The van der Waals surface area contributed by atoms with Crippen molar-refractivity contribution in [1.82, 2.24) is 0 Å². The van der Waals surface area contributed by atoms with Crippen LogP contribution in [-0.2, 0) is 4.74 Å². The first-order valence-electron chi connectivity index (χ1n) is 6.46. The summed E-state index contributed by atoms with van der Waals surface area (Å²) in [7, 11) is 0. The van der Waals surface area contributed by atoms with Crippen molar-refractivity contribution in [2.75, 3.05) is 0 Å². The maximum absolute atomic E-state index is 8.66. The van der Waals surface area contributed by atoms with Gasteiger partial charge < -0.3 is 15.7 Å². The van der Waals surface area contributed by atoms with Crippen LogP contribution in [0.4, 0.5) is 0 Å². The Morgan fingerprint density at radius 1 is 1.47 bits per heavy atom. The molecule has 4 unspecified atom stereocenters. The Morgan fingerprint density at radius 3 is 2.53 bits per heavy atom. The molecular weight excluding hydrogens is 216 g/mol. The van der Waals surface area contributed by atoms with Crippen LogP contribution in [0.15, 0.2) is 5.16 Å². The normalized spacial score (nSPS) is 41.8. The van der Waals surface area contributed by atoms with Gasteiger partial charge in [-0.15, -0.1) is 0 Å². The Labute approximate surface area is 103 Å². The molecular formula is C13H24N2O2. The smallest absolute Gasteiger partial charge is 0.168 e. The van der Waals surface area contributed by atoms with E-state index in [1.165, 1.54) is 12.8 Å². The fraction of sp³-hybridized carbons (Fsp3) is 0.923. The first-order chi connectivity index (χ1) is 7.83. The second-order valence-corrected chi connectivity index (χ2v) is 6.40. The molecule has 0 heterocycles. The van der Waals surface area contributed by atoms with Gasteiger partial charge in [-0.1, -0.05) is 25.9 Å². The number of hydrogen-bond acceptors (Lipinski definition) is 3. The van der Waals surface area contributed by atoms with Gasteiger partial charge in [-0.05, 0) is 42.9 Å². The summed E-state index contributed by atoms with van der Waals surface area (Å²) in [5, 5.41) is 11.7. The summed E-state index contributed by atoms with van der Waals surface area (Å²) in [6.45, 7) is 8.87. The molecule has 0 spiro atoms. The molecule has 0 aromatic carbocycles. The third kappa shape index (κ3) is 1.65. The van der Waals surface area contributed by atoms with E-state index in [0.717, 1.165) is 12.3 Å². The average molecular weight is 240 g/mol. The van der Waals surface area contributed by atoms with E-state index in [2.05, 4.69) is 25.9 Å². The molecule has 98 valence electrons. The average Bonchev–Trinajstić information content (AvgIpc) is 2.60. The largest absolute Gasteiger partial charge is 0.409 e. The lowest BCUT2D eigenvalue weighted by molar-refractivity contribution is -0.0601. The number of ether oxygens (including phenoxy) is 1. The van der Waals surface area contributed by atoms with Crippen LogP contribution in [0.5, 0.6) is 0 Å². The summed E-state index contributed by atoms with van der Waals surface area (Å²) in [5.41, 5.74) is 6.14. The molecule has 0 aromatic heterocycles. The van der Waals surface area contributed by atoms with Crippen molar-refractivity contribution in [3.63, 3.8) is 0 Å². The second-order valence-electron chi connectivity index (χ2n) is 6.40. The molecule has 2 fully saturated rings. The summed E-state index contributed by atoms with van der Waals surface area (Å²) in [4.78, 5) is 0. The van der Waals surface area contributed by atoms with E-state index in [1.54, 1.807) is 0 Å². The third-order valence-corrected chi connectivity index (χ3v) is 5.61. The highest BCUT2D eigenvalue weighted by Gasteiger charge is 2.62. The Hall–Kier alpha value is -0.770. The van der Waals surface area contributed by atoms with Gasteiger partial charge in [0.25, 0.3) is 0 Å². The SMILES string of the molecule is CC(OC1CC2CCC1(C)C2(C)C)C(N)=NO. The van der Waals surface area contributed by atoms with Crippen molar-refractivity contribution in [3.8, 4) is 0 Å². The minimum atomic E-state index is -0.308. The Bertz CT molecular complexity index is 340. The van der Waals surface area contributed by atoms with Crippen LogP contribution in [0.1, 0.15) is 47.0 Å². The molecule has 2 aliphatic rings. The molecule has 2 rings (SSSR count). The fourth-order valence-electron chi connectivity index (χ4n) is 3.73. The lowest BCUT2D eigenvalue weighted by atomic mass is 9.70. The van der Waals surface area contributed by atoms with Crippen molar-refractivity contribution in [2.24, 2.45) is 27.6 Å². The maximum atomic E-state index is 8.66. The van der Waals surface area contributed by atoms with Crippen molar-refractivity contribution < 1.29 is 9.94 Å². The van der Waals surface area contributed by atoms with Crippen LogP contribution >= 0.6 is 0 Å². The highest BCUT2D eigenvalue weighted by molar-refractivity contribution is 5.83. The molecule has 0 saturated heterocycles. The third-order valence-electron chi connectivity index (χ3n) is 5.61. The van der Waals surface area contributed by atoms with Gasteiger partial charge in [-0.2, -0.15) is 0 Å². The predicted octanol–water partition coefficient (Wildman–Crippen LogP) is 2.35. The molecule has 4 nitrogen and oxygen atoms in total. The van der Waals surface area contributed by atoms with Crippen LogP contribution in [-0.4, -0.2) is 23.3 Å². The number of hydrogen-bond donors (Lipinski definition) is 2. The summed E-state index contributed by atoms with van der Waals surface area (Å²) < 4.78 is 6.02. The highest BCUT2D eigenvalue weighted by Crippen LogP contribution is 2.66. The van der Waals surface area contributed by atoms with E-state index in [0.29, 0.717) is 5.41 Å². The maximum Gasteiger partial charge on any atom is 0.168 e. The van der Waals surface area contributed by atoms with Gasteiger partial charge in [0.1, 0.15) is 6.10 Å². The van der Waals surface area contributed by atoms with Gasteiger partial charge in [0.05, 0.1) is 6.10 Å². The minimum Gasteiger partial charge on any atom is -0.409 e. The van der Waals surface area contributed by atoms with Crippen LogP contribution in [0.25, 0.3) is 0 Å². The lowest BCUT2D eigenvalue weighted by Crippen LogP contribution is -2.41. The molecule has 0 aromatic rings. The van der Waals surface area contributed by atoms with Gasteiger partial charge in [0.2, 0.25) is 0 Å². The van der Waals surface area contributed by atoms with E-state index >= 15 is 0 Å². The Kier molecular flexibility index (Phi) is 2.89. The molecule has 4 heteroatoms. The summed E-state index contributed by atoms with van der Waals surface area (Å²) in [5.74, 6) is 0.908. The first-order valence-corrected chi connectivity index (χ1v) is 6.46. The molecule has 2 aliphatic carbocycles. The van der Waals surface area contributed by atoms with Crippen molar-refractivity contribution in [2.45, 2.75) is 59.2 Å². The Balaban J connectivity index is 2.11. The summed E-state index contributed by atoms with van der Waals surface area (Å²) in [6.07, 6.45) is 3.55. The molecule has 17 heavy (non-hydrogen) atoms. The lowest BCUT2D eigenvalue weighted by Gasteiger charge is -2.39. The zero-order valence-electron chi connectivity index (χ0n) is 11.2. The van der Waals surface area contributed by atoms with Gasteiger partial charge in [-0.25, -0.2) is 0 Å². The number of nitrogens with two attached hydrogens (primary N) is 1. The molecule has 0 aliphatic heterocycles. The molecule has 0 amide bonds. The van der Waals surface area contributed by atoms with E-state index in [9.17, 15) is 0 Å². The number of oxime groups is 1. The Morgan fingerprint density at radius 2 is 2.12 bits per heavy atom. The summed E-state index contributed by atoms with van der Waals surface area (Å²) >= 11 is 0. The number of fused-ring (bicyclic) bond motifs is 2. The van der Waals surface area contributed by atoms with Crippen molar-refractivity contribution in [3.05, 3.63) is 0 Å². The van der Waals surface area contributed by atoms with Gasteiger partial charge in [-0.3, -0.25) is 0 Å². The minimum absolute atomic E-state index is 0.161. The zero-order chi connectivity index (χ0) is 12.8. The van der Waals surface area contributed by atoms with Gasteiger partial charge in [0, 0.05) is 0 Å². The molecule has 2 saturated carbocycles. The first kappa shape index (κ1) is 12.7. The summed E-state index contributed by atoms with van der Waals surface area (Å²) in [6, 6.07) is 0. The molecule has 3 N–H and O–H groups in total. The van der Waals surface area contributed by atoms with Crippen molar-refractivity contribution in [1.29, 1.82) is 0 Å². The molecule has 2 bridgehead atoms. The zero-order valence-corrected chi connectivity index (χ0v) is 11.2. The second kappa shape index (κ2) is 3.87. The standard InChI is InChI=1S/C13H24N2O2/c1-8(11(14)15-16)17-10-7-9-5-6-13(10,4)12(9,2)3/h8-10,16H,5-7H2,1-4H3,(H2,14,15). The van der Waals surface area contributed by atoms with Crippen LogP contribution in [0, 0.1) is 16.7 Å². The number of nitrogens with zero attached hydrogens (tertiary/aromatic N) is 1. The quantitative estimate of drug-likeness (QED) is 0.344. The topological polar surface area (TPSA) is 67.8 Å². The van der Waals surface area contributed by atoms with Crippen LogP contribution < -0.4 is 5.73 Å². The molecule has 4 atom stereocenters. The highest BCUT2D eigenvalue weighted by atomic mass is 16.5. The van der Waals surface area contributed by atoms with Gasteiger partial charge >= 0.3 is 0 Å². The fourth-order valence-corrected chi connectivity index (χ4v) is 3.73. The van der Waals surface area contributed by atoms with E-state index in [1.807, 2.05) is 6.92 Å². The van der Waals surface area contributed by atoms with Crippen LogP contribution in [0.3, 0.4) is 0 Å². The number of rotatable bonds is 3. The van der Waals surface area contributed by atoms with E-state index in [-0.39, 0.29) is 23.5 Å². The van der Waals surface area contributed by atoms with E-state index < -0.39 is 0 Å². The molecule has 0 radical (unpaired) electrons. The monoisotopic (exact) mass is 240 g/mol.